The van der Waals surface area contributed by atoms with E-state index < -0.39 is 30.5 Å². The lowest BCUT2D eigenvalue weighted by molar-refractivity contribution is -0.138. The molecule has 2 amide bonds. The lowest BCUT2D eigenvalue weighted by Gasteiger charge is -2.40. The first-order chi connectivity index (χ1) is 13.7. The molecule has 1 aliphatic carbocycles. The molecule has 0 aliphatic heterocycles. The van der Waals surface area contributed by atoms with Gasteiger partial charge in [0.25, 0.3) is 5.91 Å². The van der Waals surface area contributed by atoms with Gasteiger partial charge >= 0.3 is 6.18 Å². The summed E-state index contributed by atoms with van der Waals surface area (Å²) in [5.74, 6) is -0.507. The molecule has 1 aromatic heterocycles. The Morgan fingerprint density at radius 2 is 1.93 bits per heavy atom. The number of hydrogen-bond acceptors (Lipinski definition) is 3. The summed E-state index contributed by atoms with van der Waals surface area (Å²) in [4.78, 5) is 29.0. The molecule has 154 valence electrons. The number of carbonyl (C=O) groups excluding carboxylic acids is 2. The van der Waals surface area contributed by atoms with Gasteiger partial charge < -0.3 is 10.6 Å². The third-order valence-electron chi connectivity index (χ3n) is 4.98. The maximum absolute atomic E-state index is 12.5. The van der Waals surface area contributed by atoms with Gasteiger partial charge in [0.15, 0.2) is 0 Å². The maximum Gasteiger partial charge on any atom is 0.390 e. The number of pyridine rings is 1. The van der Waals surface area contributed by atoms with Crippen molar-refractivity contribution in [2.24, 2.45) is 0 Å². The summed E-state index contributed by atoms with van der Waals surface area (Å²) in [6, 6.07) is 9.70. The third-order valence-corrected chi connectivity index (χ3v) is 5.22. The molecule has 1 aromatic carbocycles. The summed E-state index contributed by atoms with van der Waals surface area (Å²) in [5, 5.41) is 5.47. The number of hydrogen-bond donors (Lipinski definition) is 2. The number of benzene rings is 1. The van der Waals surface area contributed by atoms with Gasteiger partial charge in [0, 0.05) is 23.3 Å². The number of anilines is 1. The van der Waals surface area contributed by atoms with E-state index in [4.69, 9.17) is 11.6 Å². The first-order valence-corrected chi connectivity index (χ1v) is 9.46. The highest BCUT2D eigenvalue weighted by Crippen LogP contribution is 2.44. The molecule has 0 saturated heterocycles. The third kappa shape index (κ3) is 5.06. The Bertz CT molecular complexity index is 897. The topological polar surface area (TPSA) is 71.1 Å². The van der Waals surface area contributed by atoms with Gasteiger partial charge in [0.2, 0.25) is 5.91 Å². The molecule has 1 fully saturated rings. The second-order valence-corrected chi connectivity index (χ2v) is 7.39. The monoisotopic (exact) mass is 425 g/mol. The van der Waals surface area contributed by atoms with E-state index in [-0.39, 0.29) is 5.91 Å². The Kier molecular flexibility index (Phi) is 6.12. The van der Waals surface area contributed by atoms with E-state index in [2.05, 4.69) is 15.6 Å². The lowest BCUT2D eigenvalue weighted by Crippen LogP contribution is -2.49. The number of halogens is 4. The summed E-state index contributed by atoms with van der Waals surface area (Å²) < 4.78 is 36.9. The minimum atomic E-state index is -4.32. The van der Waals surface area contributed by atoms with E-state index in [0.717, 1.165) is 6.42 Å². The number of rotatable bonds is 6. The fraction of sp³-hybridized carbons (Fsp3) is 0.350. The molecule has 1 heterocycles. The van der Waals surface area contributed by atoms with Gasteiger partial charge in [-0.25, -0.2) is 4.98 Å². The average molecular weight is 426 g/mol. The van der Waals surface area contributed by atoms with Crippen LogP contribution in [0.1, 0.15) is 41.6 Å². The number of amides is 2. The van der Waals surface area contributed by atoms with Crippen molar-refractivity contribution in [1.82, 2.24) is 10.3 Å². The SMILES string of the molecule is O=C(Nc1ccc(C2(C(=O)NCCC(F)(F)F)CCC2)cn1)c1cccc(Cl)c1. The largest absolute Gasteiger partial charge is 0.390 e. The highest BCUT2D eigenvalue weighted by Gasteiger charge is 2.46. The van der Waals surface area contributed by atoms with Gasteiger partial charge in [-0.2, -0.15) is 13.2 Å². The molecule has 1 aliphatic rings. The van der Waals surface area contributed by atoms with E-state index in [9.17, 15) is 22.8 Å². The quantitative estimate of drug-likeness (QED) is 0.717. The molecular weight excluding hydrogens is 407 g/mol. The first-order valence-electron chi connectivity index (χ1n) is 9.08. The van der Waals surface area contributed by atoms with Crippen LogP contribution in [-0.2, 0) is 10.2 Å². The Labute approximate surface area is 170 Å². The molecule has 0 unspecified atom stereocenters. The molecule has 0 bridgehead atoms. The number of carbonyl (C=O) groups is 2. The maximum atomic E-state index is 12.5. The predicted molar refractivity (Wildman–Crippen MR) is 103 cm³/mol. The van der Waals surface area contributed by atoms with Crippen LogP contribution < -0.4 is 10.6 Å². The summed E-state index contributed by atoms with van der Waals surface area (Å²) in [6.07, 6.45) is -2.01. The van der Waals surface area contributed by atoms with Gasteiger partial charge in [-0.1, -0.05) is 30.2 Å². The number of aromatic nitrogens is 1. The van der Waals surface area contributed by atoms with Gasteiger partial charge in [0.1, 0.15) is 5.82 Å². The van der Waals surface area contributed by atoms with Crippen molar-refractivity contribution in [1.29, 1.82) is 0 Å². The average Bonchev–Trinajstić information content (AvgIpc) is 2.61. The number of nitrogens with zero attached hydrogens (tertiary/aromatic N) is 1. The normalized spacial score (nSPS) is 15.3. The zero-order valence-electron chi connectivity index (χ0n) is 15.4. The van der Waals surface area contributed by atoms with E-state index >= 15 is 0 Å². The van der Waals surface area contributed by atoms with E-state index in [1.165, 1.54) is 12.3 Å². The van der Waals surface area contributed by atoms with Gasteiger partial charge in [-0.15, -0.1) is 0 Å². The zero-order chi connectivity index (χ0) is 21.1. The number of nitrogens with one attached hydrogen (secondary N) is 2. The molecule has 0 spiro atoms. The lowest BCUT2D eigenvalue weighted by atomic mass is 9.64. The molecule has 3 rings (SSSR count). The Balaban J connectivity index is 1.66. The summed E-state index contributed by atoms with van der Waals surface area (Å²) >= 11 is 5.88. The van der Waals surface area contributed by atoms with Crippen LogP contribution in [0.2, 0.25) is 5.02 Å². The van der Waals surface area contributed by atoms with E-state index in [0.29, 0.717) is 34.8 Å². The first kappa shape index (κ1) is 21.1. The second-order valence-electron chi connectivity index (χ2n) is 6.95. The summed E-state index contributed by atoms with van der Waals surface area (Å²) in [6.45, 7) is -0.453. The minimum Gasteiger partial charge on any atom is -0.355 e. The molecular formula is C20H19ClF3N3O2. The molecule has 2 N–H and O–H groups in total. The standard InChI is InChI=1S/C20H19ClF3N3O2/c21-15-4-1-3-13(11-15)17(28)27-16-6-5-14(12-26-16)19(7-2-8-19)18(29)25-10-9-20(22,23)24/h1,3-6,11-12H,2,7-10H2,(H,25,29)(H,26,27,28). The van der Waals surface area contributed by atoms with Crippen molar-refractivity contribution < 1.29 is 22.8 Å². The van der Waals surface area contributed by atoms with E-state index in [1.807, 2.05) is 0 Å². The molecule has 29 heavy (non-hydrogen) atoms. The van der Waals surface area contributed by atoms with Gasteiger partial charge in [0.05, 0.1) is 11.8 Å². The molecule has 5 nitrogen and oxygen atoms in total. The van der Waals surface area contributed by atoms with Crippen molar-refractivity contribution in [3.8, 4) is 0 Å². The van der Waals surface area contributed by atoms with Crippen molar-refractivity contribution in [3.05, 3.63) is 58.7 Å². The zero-order valence-corrected chi connectivity index (χ0v) is 16.1. The van der Waals surface area contributed by atoms with Crippen LogP contribution in [0.3, 0.4) is 0 Å². The van der Waals surface area contributed by atoms with Crippen LogP contribution >= 0.6 is 11.6 Å². The van der Waals surface area contributed by atoms with Crippen LogP contribution in [0.4, 0.5) is 19.0 Å². The van der Waals surface area contributed by atoms with Crippen molar-refractivity contribution in [2.45, 2.75) is 37.3 Å². The van der Waals surface area contributed by atoms with Crippen LogP contribution in [0, 0.1) is 0 Å². The molecule has 1 saturated carbocycles. The Morgan fingerprint density at radius 1 is 1.17 bits per heavy atom. The highest BCUT2D eigenvalue weighted by atomic mass is 35.5. The fourth-order valence-electron chi connectivity index (χ4n) is 3.23. The fourth-order valence-corrected chi connectivity index (χ4v) is 3.42. The molecule has 2 aromatic rings. The minimum absolute atomic E-state index is 0.297. The van der Waals surface area contributed by atoms with Crippen molar-refractivity contribution >= 4 is 29.2 Å². The summed E-state index contributed by atoms with van der Waals surface area (Å²) in [7, 11) is 0. The Morgan fingerprint density at radius 3 is 2.48 bits per heavy atom. The molecule has 9 heteroatoms. The van der Waals surface area contributed by atoms with E-state index in [1.54, 1.807) is 30.3 Å². The van der Waals surface area contributed by atoms with Gasteiger partial charge in [-0.3, -0.25) is 9.59 Å². The van der Waals surface area contributed by atoms with Crippen LogP contribution in [0.15, 0.2) is 42.6 Å². The smallest absolute Gasteiger partial charge is 0.355 e. The van der Waals surface area contributed by atoms with Crippen LogP contribution in [0.5, 0.6) is 0 Å². The van der Waals surface area contributed by atoms with Crippen LogP contribution in [-0.4, -0.2) is 29.5 Å². The number of alkyl halides is 3. The highest BCUT2D eigenvalue weighted by molar-refractivity contribution is 6.31. The predicted octanol–water partition coefficient (Wildman–Crippen LogP) is 4.48. The summed E-state index contributed by atoms with van der Waals surface area (Å²) in [5.41, 5.74) is 0.130. The Hall–Kier alpha value is -2.61. The second kappa shape index (κ2) is 8.41. The van der Waals surface area contributed by atoms with Crippen molar-refractivity contribution in [2.75, 3.05) is 11.9 Å². The van der Waals surface area contributed by atoms with Crippen molar-refractivity contribution in [3.63, 3.8) is 0 Å². The van der Waals surface area contributed by atoms with Gasteiger partial charge in [-0.05, 0) is 42.7 Å². The molecule has 0 radical (unpaired) electrons. The molecule has 0 atom stereocenters. The van der Waals surface area contributed by atoms with Crippen LogP contribution in [0.25, 0.3) is 0 Å².